The highest BCUT2D eigenvalue weighted by atomic mass is 35.5. The summed E-state index contributed by atoms with van der Waals surface area (Å²) >= 11 is 6.45. The minimum Gasteiger partial charge on any atom is -0.497 e. The van der Waals surface area contributed by atoms with Crippen LogP contribution in [0, 0.1) is 6.92 Å². The van der Waals surface area contributed by atoms with Gasteiger partial charge in [0.05, 0.1) is 22.7 Å². The predicted octanol–water partition coefficient (Wildman–Crippen LogP) is 5.18. The summed E-state index contributed by atoms with van der Waals surface area (Å²) < 4.78 is 34.2. The Labute approximate surface area is 241 Å². The lowest BCUT2D eigenvalue weighted by molar-refractivity contribution is -0.140. The number of sulfonamides is 1. The summed E-state index contributed by atoms with van der Waals surface area (Å²) in [7, 11) is -2.65. The Kier molecular flexibility index (Phi) is 10.6. The zero-order valence-corrected chi connectivity index (χ0v) is 25.0. The van der Waals surface area contributed by atoms with Crippen LogP contribution in [-0.2, 0) is 26.2 Å². The number of benzene rings is 3. The van der Waals surface area contributed by atoms with Crippen LogP contribution in [0.25, 0.3) is 0 Å². The van der Waals surface area contributed by atoms with Crippen LogP contribution in [0.15, 0.2) is 77.7 Å². The molecule has 0 radical (unpaired) electrons. The third kappa shape index (κ3) is 7.55. The first-order valence-electron chi connectivity index (χ1n) is 13.0. The molecule has 3 rings (SSSR count). The molecule has 1 atom stereocenters. The first-order valence-corrected chi connectivity index (χ1v) is 14.9. The van der Waals surface area contributed by atoms with Crippen molar-refractivity contribution in [3.63, 3.8) is 0 Å². The maximum Gasteiger partial charge on any atom is 0.264 e. The molecular weight excluding hydrogens is 550 g/mol. The van der Waals surface area contributed by atoms with Crippen molar-refractivity contribution >= 4 is 39.1 Å². The second kappa shape index (κ2) is 13.7. The lowest BCUT2D eigenvalue weighted by Crippen LogP contribution is -2.53. The number of amides is 2. The summed E-state index contributed by atoms with van der Waals surface area (Å²) in [5, 5.41) is 3.06. The van der Waals surface area contributed by atoms with E-state index < -0.39 is 28.5 Å². The standard InChI is InChI=1S/C30H36ClN3O5S/c1-6-27(30(36)32-21(2)3)33(19-23-10-9-11-24(18-23)39-5)29(35)20-34(28-13-8-7-12-26(28)31)40(37,38)25-16-14-22(4)15-17-25/h7-18,21,27H,6,19-20H2,1-5H3,(H,32,36)/t27-/m1/s1. The second-order valence-electron chi connectivity index (χ2n) is 9.74. The van der Waals surface area contributed by atoms with Gasteiger partial charge >= 0.3 is 0 Å². The van der Waals surface area contributed by atoms with Crippen molar-refractivity contribution in [3.8, 4) is 5.75 Å². The van der Waals surface area contributed by atoms with E-state index in [0.717, 1.165) is 15.4 Å². The monoisotopic (exact) mass is 585 g/mol. The van der Waals surface area contributed by atoms with Crippen molar-refractivity contribution in [2.75, 3.05) is 18.0 Å². The van der Waals surface area contributed by atoms with Gasteiger partial charge in [0.2, 0.25) is 11.8 Å². The highest BCUT2D eigenvalue weighted by Crippen LogP contribution is 2.31. The quantitative estimate of drug-likeness (QED) is 0.316. The Balaban J connectivity index is 2.08. The van der Waals surface area contributed by atoms with E-state index in [-0.39, 0.29) is 34.1 Å². The second-order valence-corrected chi connectivity index (χ2v) is 12.0. The number of ether oxygens (including phenoxy) is 1. The summed E-state index contributed by atoms with van der Waals surface area (Å²) in [5.41, 5.74) is 1.79. The molecule has 0 aliphatic heterocycles. The molecule has 0 saturated carbocycles. The molecule has 40 heavy (non-hydrogen) atoms. The first-order chi connectivity index (χ1) is 19.0. The van der Waals surface area contributed by atoms with Crippen molar-refractivity contribution in [2.24, 2.45) is 0 Å². The largest absolute Gasteiger partial charge is 0.497 e. The van der Waals surface area contributed by atoms with Crippen LogP contribution in [-0.4, -0.2) is 50.9 Å². The van der Waals surface area contributed by atoms with Gasteiger partial charge in [0.15, 0.2) is 0 Å². The number of hydrogen-bond acceptors (Lipinski definition) is 5. The van der Waals surface area contributed by atoms with Gasteiger partial charge in [-0.15, -0.1) is 0 Å². The molecule has 0 fully saturated rings. The number of anilines is 1. The Morgan fingerprint density at radius 2 is 1.68 bits per heavy atom. The van der Waals surface area contributed by atoms with E-state index in [4.69, 9.17) is 16.3 Å². The Morgan fingerprint density at radius 1 is 1.00 bits per heavy atom. The lowest BCUT2D eigenvalue weighted by atomic mass is 10.1. The van der Waals surface area contributed by atoms with E-state index in [1.54, 1.807) is 61.7 Å². The molecule has 0 saturated heterocycles. The van der Waals surface area contributed by atoms with Crippen molar-refractivity contribution < 1.29 is 22.7 Å². The van der Waals surface area contributed by atoms with Gasteiger partial charge in [-0.05, 0) is 69.2 Å². The fraction of sp³-hybridized carbons (Fsp3) is 0.333. The van der Waals surface area contributed by atoms with Crippen molar-refractivity contribution in [1.29, 1.82) is 0 Å². The smallest absolute Gasteiger partial charge is 0.264 e. The number of nitrogens with one attached hydrogen (secondary N) is 1. The van der Waals surface area contributed by atoms with E-state index in [9.17, 15) is 18.0 Å². The first kappa shape index (κ1) is 31.0. The summed E-state index contributed by atoms with van der Waals surface area (Å²) in [6.45, 7) is 6.86. The zero-order valence-electron chi connectivity index (χ0n) is 23.4. The number of rotatable bonds is 12. The van der Waals surface area contributed by atoms with Gasteiger partial charge in [-0.2, -0.15) is 0 Å². The summed E-state index contributed by atoms with van der Waals surface area (Å²) in [6, 6.07) is 19.0. The molecule has 214 valence electrons. The normalized spacial score (nSPS) is 12.1. The molecule has 0 spiro atoms. The fourth-order valence-electron chi connectivity index (χ4n) is 4.27. The Morgan fingerprint density at radius 3 is 2.27 bits per heavy atom. The molecule has 2 amide bonds. The van der Waals surface area contributed by atoms with Crippen LogP contribution in [0.3, 0.4) is 0 Å². The Hall–Kier alpha value is -3.56. The van der Waals surface area contributed by atoms with Crippen LogP contribution in [0.4, 0.5) is 5.69 Å². The van der Waals surface area contributed by atoms with E-state index in [0.29, 0.717) is 12.2 Å². The lowest BCUT2D eigenvalue weighted by Gasteiger charge is -2.33. The van der Waals surface area contributed by atoms with Gasteiger partial charge < -0.3 is 15.0 Å². The maximum absolute atomic E-state index is 14.1. The van der Waals surface area contributed by atoms with E-state index >= 15 is 0 Å². The SMILES string of the molecule is CC[C@H](C(=O)NC(C)C)N(Cc1cccc(OC)c1)C(=O)CN(c1ccccc1Cl)S(=O)(=O)c1ccc(C)cc1. The molecule has 0 aromatic heterocycles. The highest BCUT2D eigenvalue weighted by Gasteiger charge is 2.34. The predicted molar refractivity (Wildman–Crippen MR) is 158 cm³/mol. The van der Waals surface area contributed by atoms with Gasteiger partial charge in [0.25, 0.3) is 10.0 Å². The highest BCUT2D eigenvalue weighted by molar-refractivity contribution is 7.92. The van der Waals surface area contributed by atoms with Gasteiger partial charge in [-0.3, -0.25) is 13.9 Å². The third-order valence-electron chi connectivity index (χ3n) is 6.31. The molecule has 0 aliphatic carbocycles. The third-order valence-corrected chi connectivity index (χ3v) is 8.41. The molecular formula is C30H36ClN3O5S. The maximum atomic E-state index is 14.1. The molecule has 0 aliphatic rings. The molecule has 1 N–H and O–H groups in total. The molecule has 3 aromatic rings. The number of methoxy groups -OCH3 is 1. The van der Waals surface area contributed by atoms with Gasteiger partial charge in [0.1, 0.15) is 18.3 Å². The average Bonchev–Trinajstić information content (AvgIpc) is 2.92. The van der Waals surface area contributed by atoms with Gasteiger partial charge in [-0.1, -0.05) is 60.5 Å². The van der Waals surface area contributed by atoms with Crippen molar-refractivity contribution in [2.45, 2.75) is 57.6 Å². The van der Waals surface area contributed by atoms with Crippen LogP contribution < -0.4 is 14.4 Å². The van der Waals surface area contributed by atoms with Crippen LogP contribution >= 0.6 is 11.6 Å². The number of carbonyl (C=O) groups is 2. The van der Waals surface area contributed by atoms with E-state index in [1.165, 1.54) is 17.0 Å². The molecule has 3 aromatic carbocycles. The number of carbonyl (C=O) groups excluding carboxylic acids is 2. The summed E-state index contributed by atoms with van der Waals surface area (Å²) in [6.07, 6.45) is 0.324. The minimum absolute atomic E-state index is 0.0229. The topological polar surface area (TPSA) is 96.0 Å². The fourth-order valence-corrected chi connectivity index (χ4v) is 5.99. The van der Waals surface area contributed by atoms with E-state index in [2.05, 4.69) is 5.32 Å². The zero-order chi connectivity index (χ0) is 29.4. The van der Waals surface area contributed by atoms with Crippen LogP contribution in [0.5, 0.6) is 5.75 Å². The average molecular weight is 586 g/mol. The summed E-state index contributed by atoms with van der Waals surface area (Å²) in [5.74, 6) is -0.271. The van der Waals surface area contributed by atoms with Crippen molar-refractivity contribution in [3.05, 3.63) is 88.9 Å². The molecule has 0 heterocycles. The van der Waals surface area contributed by atoms with Gasteiger partial charge in [0, 0.05) is 12.6 Å². The number of nitrogens with zero attached hydrogens (tertiary/aromatic N) is 2. The number of halogens is 1. The van der Waals surface area contributed by atoms with Gasteiger partial charge in [-0.25, -0.2) is 8.42 Å². The molecule has 0 bridgehead atoms. The van der Waals surface area contributed by atoms with Crippen molar-refractivity contribution in [1.82, 2.24) is 10.2 Å². The molecule has 8 nitrogen and oxygen atoms in total. The summed E-state index contributed by atoms with van der Waals surface area (Å²) in [4.78, 5) is 28.7. The number of aryl methyl sites for hydroxylation is 1. The van der Waals surface area contributed by atoms with E-state index in [1.807, 2.05) is 33.8 Å². The number of hydrogen-bond donors (Lipinski definition) is 1. The minimum atomic E-state index is -4.20. The molecule has 10 heteroatoms. The number of para-hydroxylation sites is 1. The Bertz CT molecular complexity index is 1430. The van der Waals surface area contributed by atoms with Crippen LogP contribution in [0.1, 0.15) is 38.3 Å². The molecule has 0 unspecified atom stereocenters. The van der Waals surface area contributed by atoms with Crippen LogP contribution in [0.2, 0.25) is 5.02 Å².